The van der Waals surface area contributed by atoms with Gasteiger partial charge in [-0.2, -0.15) is 0 Å². The van der Waals surface area contributed by atoms with Crippen molar-refractivity contribution >= 4 is 29.5 Å². The van der Waals surface area contributed by atoms with E-state index in [1.54, 1.807) is 45.0 Å². The number of fused-ring (bicyclic) bond motifs is 1. The van der Waals surface area contributed by atoms with Gasteiger partial charge in [0.15, 0.2) is 0 Å². The van der Waals surface area contributed by atoms with Gasteiger partial charge in [0, 0.05) is 30.0 Å². The molecule has 1 N–H and O–H groups in total. The molecular weight excluding hydrogens is 454 g/mol. The third kappa shape index (κ3) is 5.31. The van der Waals surface area contributed by atoms with E-state index in [-0.39, 0.29) is 24.9 Å². The molecule has 0 saturated heterocycles. The number of amides is 3. The van der Waals surface area contributed by atoms with E-state index in [0.717, 1.165) is 16.8 Å². The largest absolute Gasteiger partial charge is 0.444 e. The molecule has 0 spiro atoms. The van der Waals surface area contributed by atoms with Crippen molar-refractivity contribution in [2.45, 2.75) is 46.0 Å². The highest BCUT2D eigenvalue weighted by molar-refractivity contribution is 6.30. The number of carbonyl (C=O) groups excluding carboxylic acids is 3. The van der Waals surface area contributed by atoms with Gasteiger partial charge in [-0.1, -0.05) is 35.9 Å². The van der Waals surface area contributed by atoms with Crippen molar-refractivity contribution in [3.05, 3.63) is 93.8 Å². The Balaban J connectivity index is 1.57. The van der Waals surface area contributed by atoms with E-state index in [1.165, 1.54) is 4.90 Å². The first kappa shape index (κ1) is 23.6. The highest BCUT2D eigenvalue weighted by Crippen LogP contribution is 2.25. The predicted octanol–water partition coefficient (Wildman–Crippen LogP) is 5.01. The molecule has 1 aliphatic rings. The first-order valence-corrected chi connectivity index (χ1v) is 11.3. The first-order chi connectivity index (χ1) is 16.1. The molecule has 1 aliphatic heterocycles. The molecule has 3 aromatic rings. The summed E-state index contributed by atoms with van der Waals surface area (Å²) in [7, 11) is 0. The Labute approximate surface area is 203 Å². The molecular formula is C26H26ClN3O4. The number of nitrogens with zero attached hydrogens (tertiary/aromatic N) is 2. The summed E-state index contributed by atoms with van der Waals surface area (Å²) >= 11 is 6.02. The summed E-state index contributed by atoms with van der Waals surface area (Å²) in [5, 5.41) is 3.40. The van der Waals surface area contributed by atoms with Crippen LogP contribution in [0, 0.1) is 0 Å². The van der Waals surface area contributed by atoms with Crippen LogP contribution in [0.5, 0.6) is 0 Å². The molecule has 2 heterocycles. The minimum atomic E-state index is -0.596. The maximum Gasteiger partial charge on any atom is 0.407 e. The lowest BCUT2D eigenvalue weighted by atomic mass is 10.1. The lowest BCUT2D eigenvalue weighted by Crippen LogP contribution is -2.32. The van der Waals surface area contributed by atoms with Gasteiger partial charge in [0.2, 0.25) is 0 Å². The molecule has 0 atom stereocenters. The zero-order valence-corrected chi connectivity index (χ0v) is 20.1. The Morgan fingerprint density at radius 2 is 1.56 bits per heavy atom. The highest BCUT2D eigenvalue weighted by atomic mass is 35.5. The zero-order valence-electron chi connectivity index (χ0n) is 19.3. The number of alkyl carbamates (subject to hydrolysis) is 1. The number of hydrogen-bond acceptors (Lipinski definition) is 4. The van der Waals surface area contributed by atoms with Crippen LogP contribution in [0.25, 0.3) is 0 Å². The molecule has 4 rings (SSSR count). The van der Waals surface area contributed by atoms with Crippen molar-refractivity contribution in [1.29, 1.82) is 0 Å². The van der Waals surface area contributed by atoms with Crippen molar-refractivity contribution in [2.24, 2.45) is 0 Å². The Morgan fingerprint density at radius 1 is 0.941 bits per heavy atom. The molecule has 176 valence electrons. The molecule has 34 heavy (non-hydrogen) atoms. The van der Waals surface area contributed by atoms with Crippen LogP contribution in [0.2, 0.25) is 5.02 Å². The summed E-state index contributed by atoms with van der Waals surface area (Å²) in [5.41, 5.74) is 2.83. The van der Waals surface area contributed by atoms with Crippen molar-refractivity contribution < 1.29 is 19.1 Å². The molecule has 0 radical (unpaired) electrons. The summed E-state index contributed by atoms with van der Waals surface area (Å²) in [6, 6.07) is 16.2. The van der Waals surface area contributed by atoms with Crippen molar-refractivity contribution in [1.82, 2.24) is 14.8 Å². The Kier molecular flexibility index (Phi) is 6.48. The molecule has 8 heteroatoms. The second-order valence-corrected chi connectivity index (χ2v) is 9.63. The van der Waals surface area contributed by atoms with Crippen LogP contribution < -0.4 is 5.32 Å². The molecule has 1 aromatic heterocycles. The Hall–Kier alpha value is -3.58. The van der Waals surface area contributed by atoms with Crippen LogP contribution in [-0.4, -0.2) is 33.0 Å². The predicted molar refractivity (Wildman–Crippen MR) is 129 cm³/mol. The third-order valence-corrected chi connectivity index (χ3v) is 5.59. The number of halogens is 1. The minimum Gasteiger partial charge on any atom is -0.444 e. The van der Waals surface area contributed by atoms with Crippen LogP contribution in [0.1, 0.15) is 58.3 Å². The smallest absolute Gasteiger partial charge is 0.407 e. The second kappa shape index (κ2) is 9.35. The van der Waals surface area contributed by atoms with Crippen LogP contribution in [0.15, 0.2) is 60.8 Å². The van der Waals surface area contributed by atoms with E-state index in [4.69, 9.17) is 16.3 Å². The summed E-state index contributed by atoms with van der Waals surface area (Å²) in [6.45, 7) is 6.28. The van der Waals surface area contributed by atoms with Gasteiger partial charge in [-0.3, -0.25) is 14.5 Å². The number of aromatic nitrogens is 1. The van der Waals surface area contributed by atoms with Crippen LogP contribution in [0.3, 0.4) is 0 Å². The van der Waals surface area contributed by atoms with Gasteiger partial charge in [-0.15, -0.1) is 0 Å². The molecule has 0 aliphatic carbocycles. The third-order valence-electron chi connectivity index (χ3n) is 5.34. The monoisotopic (exact) mass is 479 g/mol. The van der Waals surface area contributed by atoms with E-state index < -0.39 is 11.7 Å². The molecule has 2 aromatic carbocycles. The van der Waals surface area contributed by atoms with Crippen LogP contribution in [-0.2, 0) is 24.4 Å². The van der Waals surface area contributed by atoms with E-state index >= 15 is 0 Å². The summed E-state index contributed by atoms with van der Waals surface area (Å²) in [4.78, 5) is 39.1. The van der Waals surface area contributed by atoms with Crippen molar-refractivity contribution in [3.8, 4) is 0 Å². The van der Waals surface area contributed by atoms with Gasteiger partial charge in [-0.05, 0) is 62.2 Å². The molecule has 3 amide bonds. The SMILES string of the molecule is CC(C)(C)OC(=O)NCc1cc(CN2C(=O)c3ccccc3C2=O)n(Cc2ccc(Cl)cc2)c1. The second-order valence-electron chi connectivity index (χ2n) is 9.19. The topological polar surface area (TPSA) is 80.6 Å². The standard InChI is InChI=1S/C26H26ClN3O4/c1-26(2,3)34-25(33)28-13-18-12-20(29(15-18)14-17-8-10-19(27)11-9-17)16-30-23(31)21-6-4-5-7-22(21)24(30)32/h4-12,15H,13-14,16H2,1-3H3,(H,28,33). The van der Waals surface area contributed by atoms with Crippen molar-refractivity contribution in [2.75, 3.05) is 0 Å². The summed E-state index contributed by atoms with van der Waals surface area (Å²) in [5.74, 6) is -0.624. The maximum atomic E-state index is 12.9. The zero-order chi connectivity index (χ0) is 24.5. The van der Waals surface area contributed by atoms with Gasteiger partial charge in [-0.25, -0.2) is 4.79 Å². The van der Waals surface area contributed by atoms with Crippen LogP contribution in [0.4, 0.5) is 4.79 Å². The lowest BCUT2D eigenvalue weighted by molar-refractivity contribution is 0.0522. The minimum absolute atomic E-state index is 0.117. The number of hydrogen-bond donors (Lipinski definition) is 1. The molecule has 0 bridgehead atoms. The Morgan fingerprint density at radius 3 is 2.15 bits per heavy atom. The number of imide groups is 1. The number of rotatable bonds is 6. The van der Waals surface area contributed by atoms with Gasteiger partial charge in [0.25, 0.3) is 11.8 Å². The van der Waals surface area contributed by atoms with Crippen LogP contribution >= 0.6 is 11.6 Å². The average Bonchev–Trinajstić information content (AvgIpc) is 3.27. The molecule has 7 nitrogen and oxygen atoms in total. The number of carbonyl (C=O) groups is 3. The summed E-state index contributed by atoms with van der Waals surface area (Å²) < 4.78 is 7.28. The average molecular weight is 480 g/mol. The van der Waals surface area contributed by atoms with Gasteiger partial charge >= 0.3 is 6.09 Å². The maximum absolute atomic E-state index is 12.9. The quantitative estimate of drug-likeness (QED) is 0.504. The number of ether oxygens (including phenoxy) is 1. The van der Waals surface area contributed by atoms with E-state index in [9.17, 15) is 14.4 Å². The summed E-state index contributed by atoms with van der Waals surface area (Å²) in [6.07, 6.45) is 1.39. The Bertz CT molecular complexity index is 1210. The van der Waals surface area contributed by atoms with Crippen molar-refractivity contribution in [3.63, 3.8) is 0 Å². The van der Waals surface area contributed by atoms with Gasteiger partial charge in [0.1, 0.15) is 5.60 Å². The van der Waals surface area contributed by atoms with E-state index in [2.05, 4.69) is 5.32 Å². The van der Waals surface area contributed by atoms with E-state index in [1.807, 2.05) is 41.1 Å². The molecule has 0 saturated carbocycles. The fraction of sp³-hybridized carbons (Fsp3) is 0.269. The number of nitrogens with one attached hydrogen (secondary N) is 1. The van der Waals surface area contributed by atoms with E-state index in [0.29, 0.717) is 22.7 Å². The first-order valence-electron chi connectivity index (χ1n) is 11.0. The lowest BCUT2D eigenvalue weighted by Gasteiger charge is -2.19. The van der Waals surface area contributed by atoms with Gasteiger partial charge < -0.3 is 14.6 Å². The highest BCUT2D eigenvalue weighted by Gasteiger charge is 2.35. The normalized spacial score (nSPS) is 13.2. The fourth-order valence-corrected chi connectivity index (χ4v) is 3.94. The fourth-order valence-electron chi connectivity index (χ4n) is 3.82. The number of benzene rings is 2. The molecule has 0 unspecified atom stereocenters. The van der Waals surface area contributed by atoms with Gasteiger partial charge in [0.05, 0.1) is 17.7 Å². The molecule has 0 fully saturated rings.